The number of amides is 2. The van der Waals surface area contributed by atoms with Crippen LogP contribution in [0.5, 0.6) is 0 Å². The van der Waals surface area contributed by atoms with Crippen LogP contribution in [0.4, 0.5) is 0 Å². The number of aliphatic hydroxyl groups excluding tert-OH is 1. The summed E-state index contributed by atoms with van der Waals surface area (Å²) in [6.45, 7) is 1.24. The quantitative estimate of drug-likeness (QED) is 0.915. The van der Waals surface area contributed by atoms with Crippen LogP contribution in [0.1, 0.15) is 27.0 Å². The lowest BCUT2D eigenvalue weighted by molar-refractivity contribution is -0.137. The maximum atomic E-state index is 13.1. The Hall–Kier alpha value is -2.66. The molecule has 0 bridgehead atoms. The molecule has 1 N–H and O–H groups in total. The molecule has 0 saturated heterocycles. The third kappa shape index (κ3) is 2.88. The molecule has 26 heavy (non-hydrogen) atoms. The second kappa shape index (κ2) is 6.92. The van der Waals surface area contributed by atoms with E-state index in [1.807, 2.05) is 30.3 Å². The van der Waals surface area contributed by atoms with Gasteiger partial charge in [0.05, 0.1) is 6.61 Å². The van der Waals surface area contributed by atoms with Crippen molar-refractivity contribution in [2.24, 2.45) is 0 Å². The predicted molar refractivity (Wildman–Crippen MR) is 97.6 cm³/mol. The highest BCUT2D eigenvalue weighted by Crippen LogP contribution is 2.25. The summed E-state index contributed by atoms with van der Waals surface area (Å²) in [5.74, 6) is -0.340. The number of rotatable bonds is 3. The molecule has 0 aromatic heterocycles. The van der Waals surface area contributed by atoms with Crippen molar-refractivity contribution in [2.75, 3.05) is 19.7 Å². The number of nitrogens with zero attached hydrogens (tertiary/aromatic N) is 2. The van der Waals surface area contributed by atoms with Gasteiger partial charge in [-0.05, 0) is 35.6 Å². The first-order valence-electron chi connectivity index (χ1n) is 9.04. The van der Waals surface area contributed by atoms with Crippen LogP contribution in [0.2, 0.25) is 0 Å². The first-order valence-corrected chi connectivity index (χ1v) is 9.04. The third-order valence-electron chi connectivity index (χ3n) is 5.42. The monoisotopic (exact) mass is 350 g/mol. The van der Waals surface area contributed by atoms with Crippen LogP contribution in [0.15, 0.2) is 48.5 Å². The van der Waals surface area contributed by atoms with Crippen LogP contribution in [-0.2, 0) is 24.2 Å². The van der Waals surface area contributed by atoms with Crippen molar-refractivity contribution in [2.45, 2.75) is 25.4 Å². The van der Waals surface area contributed by atoms with E-state index in [0.29, 0.717) is 25.2 Å². The van der Waals surface area contributed by atoms with Crippen molar-refractivity contribution in [3.8, 4) is 0 Å². The first-order chi connectivity index (χ1) is 12.7. The molecule has 1 atom stereocenters. The molecule has 5 nitrogen and oxygen atoms in total. The van der Waals surface area contributed by atoms with E-state index in [1.54, 1.807) is 11.0 Å². The van der Waals surface area contributed by atoms with E-state index in [9.17, 15) is 14.7 Å². The molecule has 0 spiro atoms. The summed E-state index contributed by atoms with van der Waals surface area (Å²) < 4.78 is 0. The zero-order chi connectivity index (χ0) is 18.1. The van der Waals surface area contributed by atoms with Crippen LogP contribution in [0, 0.1) is 0 Å². The van der Waals surface area contributed by atoms with E-state index < -0.39 is 6.04 Å². The van der Waals surface area contributed by atoms with Gasteiger partial charge < -0.3 is 14.9 Å². The Kier molecular flexibility index (Phi) is 4.47. The number of hydrogen-bond acceptors (Lipinski definition) is 3. The number of carbonyl (C=O) groups excluding carboxylic acids is 2. The van der Waals surface area contributed by atoms with Crippen molar-refractivity contribution >= 4 is 11.8 Å². The van der Waals surface area contributed by atoms with Crippen LogP contribution < -0.4 is 0 Å². The molecule has 2 aliphatic rings. The summed E-state index contributed by atoms with van der Waals surface area (Å²) >= 11 is 0. The molecule has 0 radical (unpaired) electrons. The summed E-state index contributed by atoms with van der Waals surface area (Å²) in [5.41, 5.74) is 4.08. The molecule has 5 heteroatoms. The molecule has 1 unspecified atom stereocenters. The van der Waals surface area contributed by atoms with Gasteiger partial charge in [-0.1, -0.05) is 42.5 Å². The topological polar surface area (TPSA) is 60.9 Å². The molecule has 4 rings (SSSR count). The number of benzene rings is 2. The maximum Gasteiger partial charge on any atom is 0.255 e. The van der Waals surface area contributed by atoms with Crippen molar-refractivity contribution < 1.29 is 14.7 Å². The number of fused-ring (bicyclic) bond motifs is 2. The number of carbonyl (C=O) groups is 2. The number of hydrogen-bond donors (Lipinski definition) is 1. The average molecular weight is 350 g/mol. The Morgan fingerprint density at radius 1 is 0.962 bits per heavy atom. The lowest BCUT2D eigenvalue weighted by Crippen LogP contribution is -2.51. The minimum Gasteiger partial charge on any atom is -0.394 e. The summed E-state index contributed by atoms with van der Waals surface area (Å²) in [4.78, 5) is 29.1. The molecule has 2 heterocycles. The second-order valence-corrected chi connectivity index (χ2v) is 6.88. The lowest BCUT2D eigenvalue weighted by atomic mass is 10.0. The fourth-order valence-corrected chi connectivity index (χ4v) is 3.94. The number of aliphatic hydroxyl groups is 1. The first kappa shape index (κ1) is 16.8. The highest BCUT2D eigenvalue weighted by Gasteiger charge is 2.37. The molecule has 134 valence electrons. The minimum absolute atomic E-state index is 0.165. The zero-order valence-electron chi connectivity index (χ0n) is 14.6. The van der Waals surface area contributed by atoms with E-state index >= 15 is 0 Å². The molecular formula is C21H22N2O3. The highest BCUT2D eigenvalue weighted by atomic mass is 16.3. The highest BCUT2D eigenvalue weighted by molar-refractivity contribution is 6.01. The van der Waals surface area contributed by atoms with E-state index in [2.05, 4.69) is 12.1 Å². The van der Waals surface area contributed by atoms with Gasteiger partial charge >= 0.3 is 0 Å². The smallest absolute Gasteiger partial charge is 0.255 e. The van der Waals surface area contributed by atoms with Crippen molar-refractivity contribution in [3.05, 3.63) is 70.8 Å². The Labute approximate surface area is 152 Å². The van der Waals surface area contributed by atoms with Gasteiger partial charge in [-0.25, -0.2) is 0 Å². The Morgan fingerprint density at radius 3 is 2.12 bits per heavy atom. The van der Waals surface area contributed by atoms with Gasteiger partial charge in [0, 0.05) is 25.2 Å². The van der Waals surface area contributed by atoms with Crippen LogP contribution >= 0.6 is 0 Å². The largest absolute Gasteiger partial charge is 0.394 e. The minimum atomic E-state index is -0.823. The molecular weight excluding hydrogens is 328 g/mol. The molecule has 2 aromatic rings. The molecule has 2 aromatic carbocycles. The van der Waals surface area contributed by atoms with Gasteiger partial charge in [-0.3, -0.25) is 9.59 Å². The molecule has 2 aliphatic heterocycles. The van der Waals surface area contributed by atoms with Crippen molar-refractivity contribution in [3.63, 3.8) is 0 Å². The average Bonchev–Trinajstić information content (AvgIpc) is 2.86. The van der Waals surface area contributed by atoms with E-state index in [0.717, 1.165) is 18.4 Å². The molecule has 0 aliphatic carbocycles. The van der Waals surface area contributed by atoms with Gasteiger partial charge in [0.25, 0.3) is 5.91 Å². The van der Waals surface area contributed by atoms with Crippen molar-refractivity contribution in [1.82, 2.24) is 9.80 Å². The molecule has 0 saturated carbocycles. The zero-order valence-corrected chi connectivity index (χ0v) is 14.6. The normalized spacial score (nSPS) is 17.5. The predicted octanol–water partition coefficient (Wildman–Crippen LogP) is 1.63. The Morgan fingerprint density at radius 2 is 1.54 bits per heavy atom. The molecule has 2 amide bonds. The summed E-state index contributed by atoms with van der Waals surface area (Å²) in [7, 11) is 0. The van der Waals surface area contributed by atoms with Crippen LogP contribution in [0.3, 0.4) is 0 Å². The SMILES string of the molecule is O=C(C(CO)N1Cc2ccccc2C1=O)N1CCc2ccccc2CC1. The van der Waals surface area contributed by atoms with Gasteiger partial charge in [-0.2, -0.15) is 0 Å². The Balaban J connectivity index is 1.51. The summed E-state index contributed by atoms with van der Waals surface area (Å²) in [5, 5.41) is 9.89. The maximum absolute atomic E-state index is 13.1. The molecule has 0 fully saturated rings. The fraction of sp³-hybridized carbons (Fsp3) is 0.333. The lowest BCUT2D eigenvalue weighted by Gasteiger charge is -2.30. The Bertz CT molecular complexity index is 822. The van der Waals surface area contributed by atoms with Gasteiger partial charge in [-0.15, -0.1) is 0 Å². The van der Waals surface area contributed by atoms with E-state index in [1.165, 1.54) is 16.0 Å². The van der Waals surface area contributed by atoms with Gasteiger partial charge in [0.1, 0.15) is 6.04 Å². The van der Waals surface area contributed by atoms with Gasteiger partial charge in [0.15, 0.2) is 0 Å². The van der Waals surface area contributed by atoms with Crippen LogP contribution in [0.25, 0.3) is 0 Å². The second-order valence-electron chi connectivity index (χ2n) is 6.88. The van der Waals surface area contributed by atoms with Crippen LogP contribution in [-0.4, -0.2) is 52.5 Å². The van der Waals surface area contributed by atoms with Crippen molar-refractivity contribution in [1.29, 1.82) is 0 Å². The third-order valence-corrected chi connectivity index (χ3v) is 5.42. The van der Waals surface area contributed by atoms with E-state index in [4.69, 9.17) is 0 Å². The fourth-order valence-electron chi connectivity index (χ4n) is 3.94. The summed E-state index contributed by atoms with van der Waals surface area (Å²) in [6, 6.07) is 14.8. The standard InChI is InChI=1S/C21H22N2O3/c24-14-19(23-13-17-7-3-4-8-18(17)20(23)25)21(26)22-11-9-15-5-1-2-6-16(15)10-12-22/h1-8,19,24H,9-14H2. The van der Waals surface area contributed by atoms with E-state index in [-0.39, 0.29) is 18.4 Å². The summed E-state index contributed by atoms with van der Waals surface area (Å²) in [6.07, 6.45) is 1.60. The van der Waals surface area contributed by atoms with Gasteiger partial charge in [0.2, 0.25) is 5.91 Å².